The van der Waals surface area contributed by atoms with E-state index in [4.69, 9.17) is 12.2 Å². The van der Waals surface area contributed by atoms with Gasteiger partial charge in [0.1, 0.15) is 25.8 Å². The summed E-state index contributed by atoms with van der Waals surface area (Å²) in [4.78, 5) is 31.9. The highest BCUT2D eigenvalue weighted by Gasteiger charge is 2.19. The molecule has 0 fully saturated rings. The largest absolute Gasteiger partial charge is 0.447 e. The highest BCUT2D eigenvalue weighted by atomic mass is 16.6. The van der Waals surface area contributed by atoms with Gasteiger partial charge in [0.15, 0.2) is 0 Å². The molecule has 0 aliphatic rings. The van der Waals surface area contributed by atoms with E-state index in [1.807, 2.05) is 37.3 Å². The molecule has 9 heteroatoms. The Morgan fingerprint density at radius 2 is 1.68 bits per heavy atom. The van der Waals surface area contributed by atoms with Crippen LogP contribution in [0.25, 0.3) is 0 Å². The number of carbonyl (C=O) groups is 2. The Kier molecular flexibility index (Phi) is 5.65. The Morgan fingerprint density at radius 1 is 1.07 bits per heavy atom. The summed E-state index contributed by atoms with van der Waals surface area (Å²) in [6.45, 7) is -1.06. The first-order chi connectivity index (χ1) is 14.4. The van der Waals surface area contributed by atoms with Crippen molar-refractivity contribution in [3.8, 4) is 0 Å². The van der Waals surface area contributed by atoms with Crippen molar-refractivity contribution in [2.75, 3.05) is 13.2 Å². The zero-order valence-corrected chi connectivity index (χ0v) is 15.1. The van der Waals surface area contributed by atoms with Gasteiger partial charge in [-0.05, 0) is 12.5 Å². The number of rotatable bonds is 7. The molecule has 0 aliphatic carbocycles. The van der Waals surface area contributed by atoms with Crippen LogP contribution in [0.5, 0.6) is 0 Å². The molecule has 0 bridgehead atoms. The number of ether oxygens (including phenoxy) is 2. The van der Waals surface area contributed by atoms with Crippen LogP contribution in [0, 0.1) is 0 Å². The molecule has 3 rings (SSSR count). The molecule has 2 atom stereocenters. The van der Waals surface area contributed by atoms with Crippen molar-refractivity contribution in [1.29, 1.82) is 0 Å². The Hall–Kier alpha value is -3.46. The lowest BCUT2D eigenvalue weighted by Gasteiger charge is -2.23. The van der Waals surface area contributed by atoms with Gasteiger partial charge in [0.05, 0.1) is 8.78 Å². The van der Waals surface area contributed by atoms with Gasteiger partial charge in [0.2, 0.25) is 0 Å². The molecule has 146 valence electrons. The van der Waals surface area contributed by atoms with Gasteiger partial charge in [-0.2, -0.15) is 0 Å². The van der Waals surface area contributed by atoms with Crippen LogP contribution >= 0.6 is 0 Å². The Bertz CT molecular complexity index is 949. The molecule has 2 heterocycles. The third kappa shape index (κ3) is 5.27. The number of carbonyl (C=O) groups excluding carboxylic acids is 2. The average Bonchev–Trinajstić information content (AvgIpc) is 3.45. The van der Waals surface area contributed by atoms with Gasteiger partial charge in [-0.25, -0.2) is 28.7 Å². The minimum atomic E-state index is -2.50. The maximum atomic E-state index is 12.2. The van der Waals surface area contributed by atoms with Gasteiger partial charge in [-0.3, -0.25) is 0 Å². The molecule has 0 amide bonds. The van der Waals surface area contributed by atoms with Crippen molar-refractivity contribution >= 4 is 12.2 Å². The second-order valence-electron chi connectivity index (χ2n) is 5.85. The number of aromatic nitrogens is 4. The Labute approximate surface area is 164 Å². The molecule has 1 aromatic carbocycles. The number of nitrogens with zero attached hydrogens (tertiary/aromatic N) is 4. The summed E-state index contributed by atoms with van der Waals surface area (Å²) in [5, 5.41) is 3.05. The monoisotopic (exact) mass is 385 g/mol. The number of hydrogen-bond donors (Lipinski definition) is 1. The first kappa shape index (κ1) is 16.7. The van der Waals surface area contributed by atoms with Gasteiger partial charge in [-0.15, -0.1) is 0 Å². The topological polar surface area (TPSA) is 100 Å². The first-order valence-corrected chi connectivity index (χ1v) is 8.54. The van der Waals surface area contributed by atoms with Crippen molar-refractivity contribution in [3.63, 3.8) is 0 Å². The molecule has 1 N–H and O–H groups in total. The van der Waals surface area contributed by atoms with E-state index in [2.05, 4.69) is 15.3 Å². The molecule has 9 nitrogen and oxygen atoms in total. The molecule has 0 spiro atoms. The van der Waals surface area contributed by atoms with Crippen LogP contribution < -0.4 is 5.32 Å². The first-order valence-electron chi connectivity index (χ1n) is 9.54. The fourth-order valence-corrected chi connectivity index (χ4v) is 2.39. The van der Waals surface area contributed by atoms with Gasteiger partial charge >= 0.3 is 12.2 Å². The van der Waals surface area contributed by atoms with Crippen molar-refractivity contribution < 1.29 is 21.8 Å². The van der Waals surface area contributed by atoms with Gasteiger partial charge in [0, 0.05) is 30.8 Å². The lowest BCUT2D eigenvalue weighted by Crippen LogP contribution is -2.41. The third-order valence-electron chi connectivity index (χ3n) is 3.84. The third-order valence-corrected chi connectivity index (χ3v) is 3.84. The van der Waals surface area contributed by atoms with Crippen LogP contribution in [0.4, 0.5) is 9.59 Å². The number of nitrogens with one attached hydrogen (secondary N) is 1. The second-order valence-corrected chi connectivity index (χ2v) is 5.85. The molecule has 0 saturated heterocycles. The molecule has 0 aliphatic heterocycles. The van der Waals surface area contributed by atoms with E-state index in [0.717, 1.165) is 14.7 Å². The summed E-state index contributed by atoms with van der Waals surface area (Å²) in [5.74, 6) is 0. The average molecular weight is 385 g/mol. The zero-order valence-electron chi connectivity index (χ0n) is 17.1. The number of benzene rings is 1. The molecule has 0 unspecified atom stereocenters. The minimum Gasteiger partial charge on any atom is -0.447 e. The van der Waals surface area contributed by atoms with Crippen LogP contribution in [0.3, 0.4) is 0 Å². The molecule has 2 aromatic heterocycles. The van der Waals surface area contributed by atoms with Crippen LogP contribution in [0.15, 0.2) is 67.8 Å². The minimum absolute atomic E-state index is 0.315. The van der Waals surface area contributed by atoms with E-state index in [0.29, 0.717) is 0 Å². The molecular weight excluding hydrogens is 362 g/mol. The normalized spacial score (nSPS) is 14.5. The van der Waals surface area contributed by atoms with Crippen LogP contribution in [0.1, 0.15) is 21.3 Å². The fraction of sp³-hybridized carbons (Fsp3) is 0.263. The van der Waals surface area contributed by atoms with Gasteiger partial charge in [-0.1, -0.05) is 30.3 Å². The Morgan fingerprint density at radius 3 is 2.25 bits per heavy atom. The van der Waals surface area contributed by atoms with Crippen LogP contribution in [-0.4, -0.2) is 50.5 Å². The van der Waals surface area contributed by atoms with Crippen molar-refractivity contribution in [2.45, 2.75) is 19.0 Å². The van der Waals surface area contributed by atoms with Gasteiger partial charge < -0.3 is 14.8 Å². The summed E-state index contributed by atoms with van der Waals surface area (Å²) in [6, 6.07) is 7.86. The van der Waals surface area contributed by atoms with Crippen LogP contribution in [0.2, 0.25) is 0 Å². The summed E-state index contributed by atoms with van der Waals surface area (Å²) in [5.41, 5.74) is 0.889. The van der Waals surface area contributed by atoms with Gasteiger partial charge in [0.25, 0.3) is 0 Å². The molecule has 3 aromatic rings. The fourth-order valence-electron chi connectivity index (χ4n) is 2.39. The van der Waals surface area contributed by atoms with E-state index in [1.54, 1.807) is 0 Å². The van der Waals surface area contributed by atoms with E-state index in [9.17, 15) is 9.59 Å². The molecule has 0 saturated carbocycles. The summed E-state index contributed by atoms with van der Waals surface area (Å²) >= 11 is 0. The second kappa shape index (κ2) is 9.47. The quantitative estimate of drug-likeness (QED) is 0.667. The highest BCUT2D eigenvalue weighted by molar-refractivity contribution is 5.70. The summed E-state index contributed by atoms with van der Waals surface area (Å²) < 4.78 is 29.0. The lowest BCUT2D eigenvalue weighted by molar-refractivity contribution is 0.0960. The van der Waals surface area contributed by atoms with E-state index >= 15 is 0 Å². The van der Waals surface area contributed by atoms with Crippen molar-refractivity contribution in [2.24, 2.45) is 0 Å². The van der Waals surface area contributed by atoms with Crippen molar-refractivity contribution in [3.05, 3.63) is 73.3 Å². The Balaban J connectivity index is 1.74. The van der Waals surface area contributed by atoms with Crippen molar-refractivity contribution in [1.82, 2.24) is 24.4 Å². The number of hydrogen-bond acceptors (Lipinski definition) is 7. The predicted octanol–water partition coefficient (Wildman–Crippen LogP) is 2.47. The molecule has 0 radical (unpaired) electrons. The molecule has 28 heavy (non-hydrogen) atoms. The lowest BCUT2D eigenvalue weighted by atomic mass is 10.1. The summed E-state index contributed by atoms with van der Waals surface area (Å²) in [6.07, 6.45) is 6.33. The maximum absolute atomic E-state index is 12.2. The maximum Gasteiger partial charge on any atom is 0.419 e. The predicted molar refractivity (Wildman–Crippen MR) is 99.7 cm³/mol. The van der Waals surface area contributed by atoms with Crippen LogP contribution in [-0.2, 0) is 9.47 Å². The summed E-state index contributed by atoms with van der Waals surface area (Å²) in [7, 11) is 0. The number of imidazole rings is 2. The molecular formula is C19H21N5O4. The smallest absolute Gasteiger partial charge is 0.419 e. The standard InChI is InChI=1S/C19H21N5O4/c1-15(16-5-3-2-4-6-16)22-17(11-27-18(25)23-9-7-20-13-23)12-28-19(26)24-10-8-21-14-24/h2-10,13-15,17,22H,11-12H2,1H3/t15-/m1/s1/i11D2/t15-,17+. The van der Waals surface area contributed by atoms with E-state index in [1.165, 1.54) is 37.4 Å². The SMILES string of the molecule is [2H]C([2H])(OC(=O)n1ccnc1)[C@@H](COC(=O)n1ccnc1)N[C@H](C)c1ccccc1. The highest BCUT2D eigenvalue weighted by Crippen LogP contribution is 2.12. The van der Waals surface area contributed by atoms with E-state index < -0.39 is 31.4 Å². The zero-order chi connectivity index (χ0) is 21.6. The van der Waals surface area contributed by atoms with E-state index in [-0.39, 0.29) is 6.04 Å².